The van der Waals surface area contributed by atoms with Crippen LogP contribution in [0, 0.1) is 0 Å². The molecule has 0 spiro atoms. The highest BCUT2D eigenvalue weighted by Gasteiger charge is 2.19. The van der Waals surface area contributed by atoms with E-state index in [-0.39, 0.29) is 0 Å². The third-order valence-corrected chi connectivity index (χ3v) is 7.42. The number of hydrogen-bond acceptors (Lipinski definition) is 2. The topological polar surface area (TPSA) is 12.5 Å². The molecule has 1 saturated heterocycles. The average molecular weight is 309 g/mol. The molecule has 1 aliphatic rings. The minimum absolute atomic E-state index is 0.875. The Hall–Kier alpha value is -1.68. The molecule has 0 N–H and O–H groups in total. The molecule has 1 unspecified atom stereocenters. The SMILES string of the molecule is C=C(c1ccccc1)c1ccc([SiH](C)N2CCOCC2)cc1. The van der Waals surface area contributed by atoms with Gasteiger partial charge in [-0.1, -0.05) is 67.7 Å². The Kier molecular flexibility index (Phi) is 4.88. The second kappa shape index (κ2) is 7.05. The van der Waals surface area contributed by atoms with E-state index >= 15 is 0 Å². The van der Waals surface area contributed by atoms with Crippen molar-refractivity contribution in [2.45, 2.75) is 6.55 Å². The molecule has 1 atom stereocenters. The van der Waals surface area contributed by atoms with Gasteiger partial charge in [-0.2, -0.15) is 0 Å². The molecule has 2 aromatic carbocycles. The van der Waals surface area contributed by atoms with Crippen molar-refractivity contribution in [3.8, 4) is 0 Å². The van der Waals surface area contributed by atoms with Crippen LogP contribution in [0.2, 0.25) is 6.55 Å². The fourth-order valence-electron chi connectivity index (χ4n) is 2.94. The van der Waals surface area contributed by atoms with Crippen LogP contribution in [0.15, 0.2) is 61.2 Å². The van der Waals surface area contributed by atoms with Gasteiger partial charge in [0, 0.05) is 13.1 Å². The van der Waals surface area contributed by atoms with Gasteiger partial charge in [0.1, 0.15) is 8.96 Å². The fraction of sp³-hybridized carbons (Fsp3) is 0.263. The third-order valence-electron chi connectivity index (χ3n) is 4.46. The second-order valence-electron chi connectivity index (χ2n) is 5.79. The summed E-state index contributed by atoms with van der Waals surface area (Å²) in [5.74, 6) is 0. The molecule has 2 nitrogen and oxygen atoms in total. The zero-order valence-corrected chi connectivity index (χ0v) is 14.3. The Bertz CT molecular complexity index is 618. The van der Waals surface area contributed by atoms with Gasteiger partial charge < -0.3 is 9.30 Å². The van der Waals surface area contributed by atoms with Gasteiger partial charge in [0.15, 0.2) is 0 Å². The minimum atomic E-state index is -1.04. The maximum atomic E-state index is 5.45. The summed E-state index contributed by atoms with van der Waals surface area (Å²) in [4.78, 5) is 0. The van der Waals surface area contributed by atoms with E-state index in [0.29, 0.717) is 0 Å². The van der Waals surface area contributed by atoms with E-state index in [4.69, 9.17) is 4.74 Å². The molecule has 0 aromatic heterocycles. The molecule has 3 rings (SSSR count). The molecular weight excluding hydrogens is 286 g/mol. The smallest absolute Gasteiger partial charge is 0.140 e. The molecule has 0 aliphatic carbocycles. The van der Waals surface area contributed by atoms with Gasteiger partial charge in [-0.15, -0.1) is 0 Å². The summed E-state index contributed by atoms with van der Waals surface area (Å²) in [6.45, 7) is 10.6. The molecule has 1 aliphatic heterocycles. The lowest BCUT2D eigenvalue weighted by molar-refractivity contribution is 0.0715. The monoisotopic (exact) mass is 309 g/mol. The maximum Gasteiger partial charge on any atom is 0.140 e. The number of hydrogen-bond donors (Lipinski definition) is 0. The first-order chi connectivity index (χ1) is 10.8. The van der Waals surface area contributed by atoms with E-state index in [1.807, 2.05) is 6.07 Å². The van der Waals surface area contributed by atoms with E-state index < -0.39 is 8.96 Å². The van der Waals surface area contributed by atoms with E-state index in [2.05, 4.69) is 66.2 Å². The van der Waals surface area contributed by atoms with Crippen LogP contribution in [0.3, 0.4) is 0 Å². The number of nitrogens with zero attached hydrogens (tertiary/aromatic N) is 1. The molecular formula is C19H23NOSi. The lowest BCUT2D eigenvalue weighted by Gasteiger charge is -2.31. The van der Waals surface area contributed by atoms with Crippen molar-refractivity contribution in [2.24, 2.45) is 0 Å². The van der Waals surface area contributed by atoms with Gasteiger partial charge in [0.05, 0.1) is 13.2 Å². The highest BCUT2D eigenvalue weighted by Crippen LogP contribution is 2.20. The van der Waals surface area contributed by atoms with Crippen LogP contribution in [-0.4, -0.2) is 39.8 Å². The van der Waals surface area contributed by atoms with Crippen LogP contribution in [0.4, 0.5) is 0 Å². The lowest BCUT2D eigenvalue weighted by Crippen LogP contribution is -2.51. The van der Waals surface area contributed by atoms with Crippen molar-refractivity contribution in [3.05, 3.63) is 72.3 Å². The van der Waals surface area contributed by atoms with Crippen LogP contribution in [0.25, 0.3) is 5.57 Å². The summed E-state index contributed by atoms with van der Waals surface area (Å²) in [5.41, 5.74) is 3.49. The van der Waals surface area contributed by atoms with Crippen LogP contribution in [0.5, 0.6) is 0 Å². The molecule has 0 bridgehead atoms. The fourth-order valence-corrected chi connectivity index (χ4v) is 5.10. The average Bonchev–Trinajstić information content (AvgIpc) is 2.62. The first-order valence-electron chi connectivity index (χ1n) is 7.92. The zero-order chi connectivity index (χ0) is 15.4. The Morgan fingerprint density at radius 1 is 0.955 bits per heavy atom. The zero-order valence-electron chi connectivity index (χ0n) is 13.2. The van der Waals surface area contributed by atoms with Gasteiger partial charge >= 0.3 is 0 Å². The molecule has 22 heavy (non-hydrogen) atoms. The highest BCUT2D eigenvalue weighted by molar-refractivity contribution is 6.69. The minimum Gasteiger partial charge on any atom is -0.379 e. The summed E-state index contributed by atoms with van der Waals surface area (Å²) in [7, 11) is -1.04. The Morgan fingerprint density at radius 3 is 2.18 bits per heavy atom. The van der Waals surface area contributed by atoms with Crippen molar-refractivity contribution in [3.63, 3.8) is 0 Å². The molecule has 0 radical (unpaired) electrons. The van der Waals surface area contributed by atoms with E-state index in [1.54, 1.807) is 0 Å². The second-order valence-corrected chi connectivity index (χ2v) is 8.54. The summed E-state index contributed by atoms with van der Waals surface area (Å²) in [6, 6.07) is 19.4. The predicted octanol–water partition coefficient (Wildman–Crippen LogP) is 2.64. The maximum absolute atomic E-state index is 5.45. The standard InChI is InChI=1S/C19H23NOSi/c1-16(17-6-4-3-5-7-17)18-8-10-19(11-9-18)22(2)20-12-14-21-15-13-20/h3-11,22H,1,12-15H2,2H3. The quantitative estimate of drug-likeness (QED) is 0.805. The molecule has 0 saturated carbocycles. The molecule has 1 fully saturated rings. The first-order valence-corrected chi connectivity index (χ1v) is 10.2. The summed E-state index contributed by atoms with van der Waals surface area (Å²) in [6.07, 6.45) is 0. The summed E-state index contributed by atoms with van der Waals surface area (Å²) < 4.78 is 8.07. The number of benzene rings is 2. The van der Waals surface area contributed by atoms with Gasteiger partial charge in [0.25, 0.3) is 0 Å². The Morgan fingerprint density at radius 2 is 1.55 bits per heavy atom. The highest BCUT2D eigenvalue weighted by atomic mass is 28.3. The van der Waals surface area contributed by atoms with Crippen molar-refractivity contribution >= 4 is 19.7 Å². The van der Waals surface area contributed by atoms with Crippen molar-refractivity contribution in [1.29, 1.82) is 0 Å². The molecule has 0 amide bonds. The van der Waals surface area contributed by atoms with Gasteiger partial charge in [-0.3, -0.25) is 0 Å². The number of ether oxygens (including phenoxy) is 1. The van der Waals surface area contributed by atoms with Gasteiger partial charge in [0.2, 0.25) is 0 Å². The number of rotatable bonds is 4. The summed E-state index contributed by atoms with van der Waals surface area (Å²) in [5, 5.41) is 1.49. The van der Waals surface area contributed by atoms with Crippen molar-refractivity contribution < 1.29 is 4.74 Å². The normalized spacial score (nSPS) is 17.1. The van der Waals surface area contributed by atoms with Crippen molar-refractivity contribution in [1.82, 2.24) is 4.57 Å². The van der Waals surface area contributed by atoms with E-state index in [1.165, 1.54) is 16.3 Å². The van der Waals surface area contributed by atoms with E-state index in [0.717, 1.165) is 31.9 Å². The van der Waals surface area contributed by atoms with Crippen LogP contribution >= 0.6 is 0 Å². The van der Waals surface area contributed by atoms with Crippen LogP contribution in [-0.2, 0) is 4.74 Å². The Balaban J connectivity index is 1.73. The molecule has 3 heteroatoms. The molecule has 2 aromatic rings. The van der Waals surface area contributed by atoms with Crippen LogP contribution in [0.1, 0.15) is 11.1 Å². The Labute approximate surface area is 134 Å². The molecule has 114 valence electrons. The lowest BCUT2D eigenvalue weighted by atomic mass is 10.00. The summed E-state index contributed by atoms with van der Waals surface area (Å²) >= 11 is 0. The van der Waals surface area contributed by atoms with E-state index in [9.17, 15) is 0 Å². The number of morpholine rings is 1. The third kappa shape index (κ3) is 3.38. The first kappa shape index (κ1) is 15.2. The largest absolute Gasteiger partial charge is 0.379 e. The molecule has 1 heterocycles. The predicted molar refractivity (Wildman–Crippen MR) is 96.1 cm³/mol. The van der Waals surface area contributed by atoms with Gasteiger partial charge in [-0.05, 0) is 21.9 Å². The van der Waals surface area contributed by atoms with Crippen molar-refractivity contribution in [2.75, 3.05) is 26.3 Å². The van der Waals surface area contributed by atoms with Crippen LogP contribution < -0.4 is 5.19 Å². The van der Waals surface area contributed by atoms with Gasteiger partial charge in [-0.25, -0.2) is 0 Å².